The van der Waals surface area contributed by atoms with Gasteiger partial charge in [-0.3, -0.25) is 4.90 Å². The molecule has 0 amide bonds. The van der Waals surface area contributed by atoms with Crippen LogP contribution in [0.1, 0.15) is 38.9 Å². The highest BCUT2D eigenvalue weighted by Gasteiger charge is 2.37. The van der Waals surface area contributed by atoms with Crippen LogP contribution in [0.4, 0.5) is 0 Å². The molecule has 0 aliphatic carbocycles. The Kier molecular flexibility index (Phi) is 3.73. The largest absolute Gasteiger partial charge is 0.387 e. The zero-order valence-corrected chi connectivity index (χ0v) is 13.2. The van der Waals surface area contributed by atoms with Crippen LogP contribution in [0.25, 0.3) is 0 Å². The van der Waals surface area contributed by atoms with Crippen molar-refractivity contribution in [1.29, 1.82) is 0 Å². The Hall–Kier alpha value is -1.80. The Balaban J connectivity index is 1.60. The van der Waals surface area contributed by atoms with E-state index >= 15 is 0 Å². The van der Waals surface area contributed by atoms with E-state index in [9.17, 15) is 5.11 Å². The van der Waals surface area contributed by atoms with Crippen LogP contribution in [0.5, 0.6) is 0 Å². The Morgan fingerprint density at radius 1 is 1.41 bits per heavy atom. The molecule has 2 aromatic rings. The van der Waals surface area contributed by atoms with E-state index in [-0.39, 0.29) is 5.41 Å². The Morgan fingerprint density at radius 3 is 2.86 bits per heavy atom. The van der Waals surface area contributed by atoms with Gasteiger partial charge in [-0.15, -0.1) is 5.10 Å². The van der Waals surface area contributed by atoms with Crippen LogP contribution in [0.15, 0.2) is 16.9 Å². The lowest BCUT2D eigenvalue weighted by Gasteiger charge is -2.22. The molecule has 0 saturated carbocycles. The number of hydrogen-bond donors (Lipinski definition) is 1. The van der Waals surface area contributed by atoms with Gasteiger partial charge in [-0.1, -0.05) is 31.1 Å². The van der Waals surface area contributed by atoms with Gasteiger partial charge in [-0.2, -0.15) is 4.98 Å². The van der Waals surface area contributed by atoms with Gasteiger partial charge in [0, 0.05) is 24.7 Å². The fourth-order valence-corrected chi connectivity index (χ4v) is 2.65. The molecule has 0 bridgehead atoms. The Bertz CT molecular complexity index is 618. The molecule has 1 unspecified atom stereocenters. The summed E-state index contributed by atoms with van der Waals surface area (Å²) in [6.45, 7) is 8.50. The van der Waals surface area contributed by atoms with Gasteiger partial charge in [-0.25, -0.2) is 4.68 Å². The van der Waals surface area contributed by atoms with E-state index in [4.69, 9.17) is 4.52 Å². The minimum atomic E-state index is -0.787. The van der Waals surface area contributed by atoms with E-state index in [1.807, 2.05) is 20.8 Å². The van der Waals surface area contributed by atoms with Crippen LogP contribution >= 0.6 is 0 Å². The van der Waals surface area contributed by atoms with E-state index < -0.39 is 5.60 Å². The SMILES string of the molecule is CC(C)(C)c1nc(CN2CCC(O)(Cn3ccnn3)C2)no1. The number of rotatable bonds is 4. The molecule has 0 spiro atoms. The van der Waals surface area contributed by atoms with Crippen molar-refractivity contribution in [3.05, 3.63) is 24.1 Å². The summed E-state index contributed by atoms with van der Waals surface area (Å²) in [4.78, 5) is 6.57. The van der Waals surface area contributed by atoms with Gasteiger partial charge >= 0.3 is 0 Å². The van der Waals surface area contributed by atoms with Crippen molar-refractivity contribution in [3.63, 3.8) is 0 Å². The molecule has 1 N–H and O–H groups in total. The van der Waals surface area contributed by atoms with Gasteiger partial charge < -0.3 is 9.63 Å². The fourth-order valence-electron chi connectivity index (χ4n) is 2.65. The Morgan fingerprint density at radius 2 is 2.23 bits per heavy atom. The van der Waals surface area contributed by atoms with Crippen LogP contribution in [0.3, 0.4) is 0 Å². The third kappa shape index (κ3) is 3.33. The number of aromatic nitrogens is 5. The number of likely N-dealkylation sites (tertiary alicyclic amines) is 1. The van der Waals surface area contributed by atoms with E-state index in [2.05, 4.69) is 25.4 Å². The summed E-state index contributed by atoms with van der Waals surface area (Å²) in [6.07, 6.45) is 4.07. The number of hydrogen-bond acceptors (Lipinski definition) is 7. The van der Waals surface area contributed by atoms with Crippen LogP contribution < -0.4 is 0 Å². The quantitative estimate of drug-likeness (QED) is 0.883. The summed E-state index contributed by atoms with van der Waals surface area (Å²) in [6, 6.07) is 0. The van der Waals surface area contributed by atoms with Gasteiger partial charge in [-0.05, 0) is 6.42 Å². The second kappa shape index (κ2) is 5.44. The van der Waals surface area contributed by atoms with Gasteiger partial charge in [0.25, 0.3) is 0 Å². The maximum Gasteiger partial charge on any atom is 0.232 e. The minimum Gasteiger partial charge on any atom is -0.387 e. The smallest absolute Gasteiger partial charge is 0.232 e. The number of β-amino-alcohol motifs (C(OH)–C–C–N with tert-alkyl or cyclic N) is 1. The average molecular weight is 306 g/mol. The minimum absolute atomic E-state index is 0.149. The predicted molar refractivity (Wildman–Crippen MR) is 77.9 cm³/mol. The zero-order chi connectivity index (χ0) is 15.8. The molecule has 8 nitrogen and oxygen atoms in total. The highest BCUT2D eigenvalue weighted by Crippen LogP contribution is 2.25. The van der Waals surface area contributed by atoms with E-state index in [1.165, 1.54) is 0 Å². The molecule has 120 valence electrons. The van der Waals surface area contributed by atoms with Gasteiger partial charge in [0.1, 0.15) is 0 Å². The molecule has 8 heteroatoms. The number of aliphatic hydroxyl groups is 1. The summed E-state index contributed by atoms with van der Waals surface area (Å²) < 4.78 is 6.97. The van der Waals surface area contributed by atoms with Gasteiger partial charge in [0.2, 0.25) is 5.89 Å². The predicted octanol–water partition coefficient (Wildman–Crippen LogP) is 0.596. The first-order chi connectivity index (χ1) is 10.3. The molecular weight excluding hydrogens is 284 g/mol. The first-order valence-electron chi connectivity index (χ1n) is 7.46. The summed E-state index contributed by atoms with van der Waals surface area (Å²) in [7, 11) is 0. The fraction of sp³-hybridized carbons (Fsp3) is 0.714. The second-order valence-electron chi connectivity index (χ2n) is 7.05. The van der Waals surface area contributed by atoms with Crippen LogP contribution in [0.2, 0.25) is 0 Å². The first-order valence-corrected chi connectivity index (χ1v) is 7.46. The molecule has 0 radical (unpaired) electrons. The Labute approximate surface area is 129 Å². The molecular formula is C14H22N6O2. The molecule has 1 aliphatic heterocycles. The lowest BCUT2D eigenvalue weighted by molar-refractivity contribution is 0.0271. The third-order valence-electron chi connectivity index (χ3n) is 3.81. The van der Waals surface area contributed by atoms with Crippen molar-refractivity contribution in [2.24, 2.45) is 0 Å². The lowest BCUT2D eigenvalue weighted by atomic mass is 9.97. The van der Waals surface area contributed by atoms with Crippen molar-refractivity contribution in [2.75, 3.05) is 13.1 Å². The maximum atomic E-state index is 10.7. The lowest BCUT2D eigenvalue weighted by Crippen LogP contribution is -2.37. The molecule has 1 saturated heterocycles. The summed E-state index contributed by atoms with van der Waals surface area (Å²) in [5.74, 6) is 1.30. The average Bonchev–Trinajstić information content (AvgIpc) is 3.11. The molecule has 2 aromatic heterocycles. The monoisotopic (exact) mass is 306 g/mol. The molecule has 1 fully saturated rings. The van der Waals surface area contributed by atoms with Crippen LogP contribution in [-0.4, -0.2) is 53.8 Å². The molecule has 0 aromatic carbocycles. The van der Waals surface area contributed by atoms with Crippen LogP contribution in [0, 0.1) is 0 Å². The first kappa shape index (κ1) is 15.1. The highest BCUT2D eigenvalue weighted by atomic mass is 16.5. The summed E-state index contributed by atoms with van der Waals surface area (Å²) in [5.41, 5.74) is -0.936. The zero-order valence-electron chi connectivity index (χ0n) is 13.2. The maximum absolute atomic E-state index is 10.7. The van der Waals surface area contributed by atoms with Crippen molar-refractivity contribution < 1.29 is 9.63 Å². The van der Waals surface area contributed by atoms with E-state index in [0.29, 0.717) is 37.8 Å². The van der Waals surface area contributed by atoms with Crippen molar-refractivity contribution >= 4 is 0 Å². The van der Waals surface area contributed by atoms with Crippen molar-refractivity contribution in [2.45, 2.75) is 51.3 Å². The molecule has 3 heterocycles. The standard InChI is InChI=1S/C14H22N6O2/c1-13(2,3)12-16-11(17-22-12)8-19-6-4-14(21,9-19)10-20-7-5-15-18-20/h5,7,21H,4,6,8-10H2,1-3H3. The summed E-state index contributed by atoms with van der Waals surface area (Å²) in [5, 5.41) is 22.4. The molecule has 3 rings (SSSR count). The number of nitrogens with zero attached hydrogens (tertiary/aromatic N) is 6. The van der Waals surface area contributed by atoms with E-state index in [0.717, 1.165) is 6.54 Å². The third-order valence-corrected chi connectivity index (χ3v) is 3.81. The normalized spacial score (nSPS) is 23.3. The van der Waals surface area contributed by atoms with Crippen molar-refractivity contribution in [3.8, 4) is 0 Å². The second-order valence-corrected chi connectivity index (χ2v) is 7.05. The summed E-state index contributed by atoms with van der Waals surface area (Å²) >= 11 is 0. The topological polar surface area (TPSA) is 93.1 Å². The molecule has 1 aliphatic rings. The highest BCUT2D eigenvalue weighted by molar-refractivity contribution is 4.99. The van der Waals surface area contributed by atoms with Crippen LogP contribution in [-0.2, 0) is 18.5 Å². The van der Waals surface area contributed by atoms with Crippen molar-refractivity contribution in [1.82, 2.24) is 30.0 Å². The van der Waals surface area contributed by atoms with Gasteiger partial charge in [0.15, 0.2) is 5.82 Å². The molecule has 1 atom stereocenters. The van der Waals surface area contributed by atoms with E-state index in [1.54, 1.807) is 17.1 Å². The molecule has 22 heavy (non-hydrogen) atoms. The van der Waals surface area contributed by atoms with Gasteiger partial charge in [0.05, 0.1) is 24.9 Å².